The van der Waals surface area contributed by atoms with Crippen LogP contribution < -0.4 is 4.90 Å². The Morgan fingerprint density at radius 2 is 2.00 bits per heavy atom. The maximum atomic E-state index is 6.26. The lowest BCUT2D eigenvalue weighted by Gasteiger charge is -2.39. The van der Waals surface area contributed by atoms with Crippen molar-refractivity contribution in [3.8, 4) is 0 Å². The standard InChI is InChI=1S/C21H35N3OS/c1-17-12-18(14-21(2,3)13-17)25-16-19(26)15-23-8-10-24(11-9-23)20-6-4-5-7-22-20/h4-7,17-19,26H,8-16H2,1-3H3/t17-,18-,19-/m1/s1. The Bertz CT molecular complexity index is 545. The van der Waals surface area contributed by atoms with Crippen LogP contribution in [0.2, 0.25) is 0 Å². The molecule has 1 aliphatic heterocycles. The molecule has 3 atom stereocenters. The van der Waals surface area contributed by atoms with Crippen LogP contribution in [0.25, 0.3) is 0 Å². The number of thiol groups is 1. The molecular formula is C21H35N3OS. The van der Waals surface area contributed by atoms with Crippen LogP contribution in [0.5, 0.6) is 0 Å². The lowest BCUT2D eigenvalue weighted by Crippen LogP contribution is -2.48. The summed E-state index contributed by atoms with van der Waals surface area (Å²) in [5, 5.41) is 0.289. The zero-order chi connectivity index (χ0) is 18.6. The van der Waals surface area contributed by atoms with Crippen molar-refractivity contribution in [3.05, 3.63) is 24.4 Å². The van der Waals surface area contributed by atoms with Gasteiger partial charge < -0.3 is 9.64 Å². The first kappa shape index (κ1) is 20.0. The van der Waals surface area contributed by atoms with Crippen molar-refractivity contribution in [2.24, 2.45) is 11.3 Å². The van der Waals surface area contributed by atoms with Gasteiger partial charge in [-0.25, -0.2) is 4.98 Å². The average molecular weight is 378 g/mol. The van der Waals surface area contributed by atoms with Crippen LogP contribution in [0.4, 0.5) is 5.82 Å². The van der Waals surface area contributed by atoms with Gasteiger partial charge in [0.15, 0.2) is 0 Å². The summed E-state index contributed by atoms with van der Waals surface area (Å²) in [4.78, 5) is 9.33. The average Bonchev–Trinajstić information content (AvgIpc) is 2.60. The second kappa shape index (κ2) is 8.94. The summed E-state index contributed by atoms with van der Waals surface area (Å²) in [5.41, 5.74) is 0.413. The van der Waals surface area contributed by atoms with Crippen molar-refractivity contribution in [2.75, 3.05) is 44.2 Å². The number of hydrogen-bond donors (Lipinski definition) is 1. The molecule has 2 aliphatic rings. The summed E-state index contributed by atoms with van der Waals surface area (Å²) < 4.78 is 6.26. The van der Waals surface area contributed by atoms with Gasteiger partial charge in [0.05, 0.1) is 12.7 Å². The van der Waals surface area contributed by atoms with E-state index in [2.05, 4.69) is 47.7 Å². The molecule has 26 heavy (non-hydrogen) atoms. The van der Waals surface area contributed by atoms with E-state index in [1.54, 1.807) is 0 Å². The van der Waals surface area contributed by atoms with Crippen LogP contribution in [0.3, 0.4) is 0 Å². The fourth-order valence-electron chi connectivity index (χ4n) is 4.68. The topological polar surface area (TPSA) is 28.6 Å². The number of ether oxygens (including phenoxy) is 1. The molecule has 4 nitrogen and oxygen atoms in total. The maximum Gasteiger partial charge on any atom is 0.128 e. The number of rotatable bonds is 6. The quantitative estimate of drug-likeness (QED) is 0.765. The highest BCUT2D eigenvalue weighted by Gasteiger charge is 2.32. The molecule has 0 aromatic carbocycles. The molecule has 0 bridgehead atoms. The molecule has 2 fully saturated rings. The molecule has 1 saturated carbocycles. The van der Waals surface area contributed by atoms with Gasteiger partial charge in [0, 0.05) is 44.2 Å². The lowest BCUT2D eigenvalue weighted by atomic mass is 9.71. The summed E-state index contributed by atoms with van der Waals surface area (Å²) in [6.07, 6.45) is 5.98. The molecule has 0 spiro atoms. The minimum atomic E-state index is 0.289. The van der Waals surface area contributed by atoms with Gasteiger partial charge in [0.2, 0.25) is 0 Å². The van der Waals surface area contributed by atoms with Gasteiger partial charge in [-0.15, -0.1) is 0 Å². The van der Waals surface area contributed by atoms with Crippen LogP contribution >= 0.6 is 12.6 Å². The van der Waals surface area contributed by atoms with Gasteiger partial charge in [0.25, 0.3) is 0 Å². The highest BCUT2D eigenvalue weighted by Crippen LogP contribution is 2.39. The predicted molar refractivity (Wildman–Crippen MR) is 112 cm³/mol. The normalized spacial score (nSPS) is 28.1. The van der Waals surface area contributed by atoms with Crippen LogP contribution in [0, 0.1) is 11.3 Å². The Morgan fingerprint density at radius 1 is 1.23 bits per heavy atom. The Hall–Kier alpha value is -0.780. The van der Waals surface area contributed by atoms with E-state index >= 15 is 0 Å². The van der Waals surface area contributed by atoms with E-state index in [1.165, 1.54) is 19.3 Å². The SMILES string of the molecule is C[C@@H]1C[C@@H](OC[C@H](S)CN2CCN(c3ccccn3)CC2)CC(C)(C)C1. The Kier molecular flexibility index (Phi) is 6.87. The number of pyridine rings is 1. The largest absolute Gasteiger partial charge is 0.377 e. The molecule has 2 heterocycles. The first-order valence-corrected chi connectivity index (χ1v) is 10.6. The van der Waals surface area contributed by atoms with Gasteiger partial charge in [-0.2, -0.15) is 12.6 Å². The van der Waals surface area contributed by atoms with E-state index in [-0.39, 0.29) is 5.25 Å². The zero-order valence-corrected chi connectivity index (χ0v) is 17.5. The summed E-state index contributed by atoms with van der Waals surface area (Å²) in [7, 11) is 0. The smallest absolute Gasteiger partial charge is 0.128 e. The third kappa shape index (κ3) is 5.86. The van der Waals surface area contributed by atoms with Gasteiger partial charge in [-0.05, 0) is 42.7 Å². The number of piperazine rings is 1. The number of nitrogens with zero attached hydrogens (tertiary/aromatic N) is 3. The fourth-order valence-corrected chi connectivity index (χ4v) is 5.00. The Balaban J connectivity index is 1.37. The first-order chi connectivity index (χ1) is 12.4. The van der Waals surface area contributed by atoms with Crippen molar-refractivity contribution < 1.29 is 4.74 Å². The molecule has 1 saturated heterocycles. The molecule has 1 aromatic rings. The van der Waals surface area contributed by atoms with E-state index in [1.807, 2.05) is 12.3 Å². The van der Waals surface area contributed by atoms with E-state index in [4.69, 9.17) is 17.4 Å². The zero-order valence-electron chi connectivity index (χ0n) is 16.6. The van der Waals surface area contributed by atoms with Crippen LogP contribution in [-0.4, -0.2) is 60.6 Å². The molecule has 5 heteroatoms. The highest BCUT2D eigenvalue weighted by atomic mass is 32.1. The lowest BCUT2D eigenvalue weighted by molar-refractivity contribution is -0.0237. The molecular weight excluding hydrogens is 342 g/mol. The number of aromatic nitrogens is 1. The van der Waals surface area contributed by atoms with E-state index in [9.17, 15) is 0 Å². The molecule has 0 unspecified atom stereocenters. The van der Waals surface area contributed by atoms with Gasteiger partial charge >= 0.3 is 0 Å². The molecule has 0 radical (unpaired) electrons. The molecule has 1 aromatic heterocycles. The second-order valence-electron chi connectivity index (χ2n) is 9.00. The van der Waals surface area contributed by atoms with Crippen LogP contribution in [-0.2, 0) is 4.74 Å². The summed E-state index contributed by atoms with van der Waals surface area (Å²) in [6, 6.07) is 6.13. The first-order valence-electron chi connectivity index (χ1n) is 10.1. The van der Waals surface area contributed by atoms with Crippen molar-refractivity contribution in [1.82, 2.24) is 9.88 Å². The van der Waals surface area contributed by atoms with Crippen molar-refractivity contribution >= 4 is 18.4 Å². The van der Waals surface area contributed by atoms with Crippen LogP contribution in [0.1, 0.15) is 40.0 Å². The van der Waals surface area contributed by atoms with E-state index in [0.29, 0.717) is 11.5 Å². The maximum absolute atomic E-state index is 6.26. The minimum Gasteiger partial charge on any atom is -0.377 e. The van der Waals surface area contributed by atoms with Gasteiger partial charge in [0.1, 0.15) is 5.82 Å². The number of anilines is 1. The van der Waals surface area contributed by atoms with E-state index in [0.717, 1.165) is 51.1 Å². The van der Waals surface area contributed by atoms with Crippen LogP contribution in [0.15, 0.2) is 24.4 Å². The van der Waals surface area contributed by atoms with Crippen molar-refractivity contribution in [1.29, 1.82) is 0 Å². The fraction of sp³-hybridized carbons (Fsp3) is 0.762. The third-order valence-electron chi connectivity index (χ3n) is 5.69. The Morgan fingerprint density at radius 3 is 2.65 bits per heavy atom. The van der Waals surface area contributed by atoms with Crippen molar-refractivity contribution in [2.45, 2.75) is 51.4 Å². The molecule has 146 valence electrons. The monoisotopic (exact) mass is 377 g/mol. The summed E-state index contributed by atoms with van der Waals surface area (Å²) >= 11 is 4.81. The van der Waals surface area contributed by atoms with Gasteiger partial charge in [-0.3, -0.25) is 4.90 Å². The molecule has 0 N–H and O–H groups in total. The number of hydrogen-bond acceptors (Lipinski definition) is 5. The van der Waals surface area contributed by atoms with Crippen molar-refractivity contribution in [3.63, 3.8) is 0 Å². The molecule has 0 amide bonds. The van der Waals surface area contributed by atoms with Gasteiger partial charge in [-0.1, -0.05) is 26.8 Å². The second-order valence-corrected chi connectivity index (χ2v) is 9.73. The summed E-state index contributed by atoms with van der Waals surface area (Å²) in [6.45, 7) is 13.1. The van der Waals surface area contributed by atoms with E-state index < -0.39 is 0 Å². The Labute approximate surface area is 164 Å². The highest BCUT2D eigenvalue weighted by molar-refractivity contribution is 7.81. The summed E-state index contributed by atoms with van der Waals surface area (Å²) in [5.74, 6) is 1.86. The molecule has 3 rings (SSSR count). The molecule has 1 aliphatic carbocycles. The minimum absolute atomic E-state index is 0.289. The third-order valence-corrected chi connectivity index (χ3v) is 6.00. The predicted octanol–water partition coefficient (Wildman–Crippen LogP) is 3.73.